The van der Waals surface area contributed by atoms with Crippen molar-refractivity contribution in [1.82, 2.24) is 5.32 Å². The van der Waals surface area contributed by atoms with Crippen LogP contribution in [0.2, 0.25) is 0 Å². The van der Waals surface area contributed by atoms with Crippen molar-refractivity contribution in [3.05, 3.63) is 71.3 Å². The lowest BCUT2D eigenvalue weighted by Crippen LogP contribution is -2.43. The third-order valence-corrected chi connectivity index (χ3v) is 5.79. The lowest BCUT2D eigenvalue weighted by Gasteiger charge is -2.28. The van der Waals surface area contributed by atoms with Gasteiger partial charge in [0.15, 0.2) is 0 Å². The molecular weight excluding hydrogens is 318 g/mol. The van der Waals surface area contributed by atoms with E-state index in [1.165, 1.54) is 16.7 Å². The van der Waals surface area contributed by atoms with Gasteiger partial charge in [-0.25, -0.2) is 0 Å². The zero-order valence-electron chi connectivity index (χ0n) is 16.1. The smallest absolute Gasteiger partial charge is 0.230 e. The van der Waals surface area contributed by atoms with Crippen molar-refractivity contribution in [2.75, 3.05) is 6.54 Å². The molecule has 0 radical (unpaired) electrons. The van der Waals surface area contributed by atoms with Gasteiger partial charge >= 0.3 is 0 Å². The molecule has 2 nitrogen and oxygen atoms in total. The predicted octanol–water partition coefficient (Wildman–Crippen LogP) is 5.37. The summed E-state index contributed by atoms with van der Waals surface area (Å²) in [5.74, 6) is 0.792. The van der Waals surface area contributed by atoms with Crippen LogP contribution in [-0.4, -0.2) is 12.5 Å². The van der Waals surface area contributed by atoms with Crippen LogP contribution in [-0.2, 0) is 16.6 Å². The van der Waals surface area contributed by atoms with Gasteiger partial charge in [0.25, 0.3) is 0 Å². The number of carbonyl (C=O) groups excluding carboxylic acids is 1. The summed E-state index contributed by atoms with van der Waals surface area (Å²) in [6.07, 6.45) is 6.22. The molecule has 26 heavy (non-hydrogen) atoms. The molecular formula is C24H31NO. The van der Waals surface area contributed by atoms with Gasteiger partial charge in [0.05, 0.1) is 5.41 Å². The Balaban J connectivity index is 1.53. The molecule has 1 aliphatic rings. The van der Waals surface area contributed by atoms with Gasteiger partial charge in [-0.1, -0.05) is 81.3 Å². The Morgan fingerprint density at radius 3 is 2.27 bits per heavy atom. The Hall–Kier alpha value is -2.09. The van der Waals surface area contributed by atoms with E-state index in [-0.39, 0.29) is 11.3 Å². The maximum atomic E-state index is 13.0. The Morgan fingerprint density at radius 2 is 1.65 bits per heavy atom. The fourth-order valence-electron chi connectivity index (χ4n) is 4.12. The lowest BCUT2D eigenvalue weighted by molar-refractivity contribution is -0.126. The van der Waals surface area contributed by atoms with Gasteiger partial charge in [-0.3, -0.25) is 4.79 Å². The second-order valence-electron chi connectivity index (χ2n) is 7.91. The quantitative estimate of drug-likeness (QED) is 0.669. The second-order valence-corrected chi connectivity index (χ2v) is 7.91. The Labute approximate surface area is 158 Å². The molecule has 0 saturated heterocycles. The highest BCUT2D eigenvalue weighted by molar-refractivity contribution is 5.88. The number of hydrogen-bond acceptors (Lipinski definition) is 1. The van der Waals surface area contributed by atoms with Gasteiger partial charge in [0.2, 0.25) is 5.91 Å². The number of rotatable bonds is 7. The largest absolute Gasteiger partial charge is 0.355 e. The Bertz CT molecular complexity index is 697. The van der Waals surface area contributed by atoms with E-state index in [2.05, 4.69) is 55.6 Å². The molecule has 1 saturated carbocycles. The predicted molar refractivity (Wildman–Crippen MR) is 108 cm³/mol. The van der Waals surface area contributed by atoms with Crippen molar-refractivity contribution in [3.8, 4) is 0 Å². The standard InChI is InChI=1S/C24H31NO/c1-19(2)21-14-12-20(13-15-21)9-8-18-25-23(26)24(16-6-7-17-24)22-10-4-3-5-11-22/h3-5,10-15,19H,6-9,16-18H2,1-2H3,(H,25,26). The molecule has 0 heterocycles. The van der Waals surface area contributed by atoms with Crippen molar-refractivity contribution in [1.29, 1.82) is 0 Å². The van der Waals surface area contributed by atoms with E-state index in [4.69, 9.17) is 0 Å². The van der Waals surface area contributed by atoms with Crippen molar-refractivity contribution in [3.63, 3.8) is 0 Å². The van der Waals surface area contributed by atoms with Crippen LogP contribution in [0.1, 0.15) is 68.6 Å². The van der Waals surface area contributed by atoms with Gasteiger partial charge in [-0.05, 0) is 48.3 Å². The van der Waals surface area contributed by atoms with Crippen molar-refractivity contribution in [2.45, 2.75) is 63.7 Å². The van der Waals surface area contributed by atoms with E-state index in [9.17, 15) is 4.79 Å². The number of nitrogens with one attached hydrogen (secondary N) is 1. The number of aryl methyl sites for hydroxylation is 1. The first-order valence-corrected chi connectivity index (χ1v) is 10.0. The summed E-state index contributed by atoms with van der Waals surface area (Å²) in [4.78, 5) is 13.0. The van der Waals surface area contributed by atoms with Gasteiger partial charge < -0.3 is 5.32 Å². The molecule has 0 spiro atoms. The highest BCUT2D eigenvalue weighted by Crippen LogP contribution is 2.41. The molecule has 2 aromatic rings. The van der Waals surface area contributed by atoms with Crippen LogP contribution in [0.3, 0.4) is 0 Å². The minimum atomic E-state index is -0.305. The van der Waals surface area contributed by atoms with Crippen LogP contribution in [0.4, 0.5) is 0 Å². The Kier molecular flexibility index (Phi) is 6.13. The fourth-order valence-corrected chi connectivity index (χ4v) is 4.12. The zero-order valence-corrected chi connectivity index (χ0v) is 16.1. The second kappa shape index (κ2) is 8.53. The molecule has 1 amide bonds. The van der Waals surface area contributed by atoms with Crippen LogP contribution in [0.5, 0.6) is 0 Å². The van der Waals surface area contributed by atoms with E-state index >= 15 is 0 Å². The van der Waals surface area contributed by atoms with Crippen molar-refractivity contribution >= 4 is 5.91 Å². The Morgan fingerprint density at radius 1 is 1.00 bits per heavy atom. The molecule has 0 unspecified atom stereocenters. The topological polar surface area (TPSA) is 29.1 Å². The van der Waals surface area contributed by atoms with Crippen LogP contribution >= 0.6 is 0 Å². The van der Waals surface area contributed by atoms with E-state index < -0.39 is 0 Å². The number of amides is 1. The van der Waals surface area contributed by atoms with Crippen LogP contribution in [0.25, 0.3) is 0 Å². The van der Waals surface area contributed by atoms with Gasteiger partial charge in [-0.2, -0.15) is 0 Å². The molecule has 3 rings (SSSR count). The molecule has 0 bridgehead atoms. The molecule has 1 fully saturated rings. The summed E-state index contributed by atoms with van der Waals surface area (Å²) < 4.78 is 0. The monoisotopic (exact) mass is 349 g/mol. The summed E-state index contributed by atoms with van der Waals surface area (Å²) in [5, 5.41) is 3.22. The highest BCUT2D eigenvalue weighted by atomic mass is 16.2. The number of benzene rings is 2. The minimum absolute atomic E-state index is 0.219. The van der Waals surface area contributed by atoms with Crippen LogP contribution in [0, 0.1) is 0 Å². The average molecular weight is 350 g/mol. The summed E-state index contributed by atoms with van der Waals surface area (Å²) in [5.41, 5.74) is 3.61. The first-order valence-electron chi connectivity index (χ1n) is 10.0. The lowest BCUT2D eigenvalue weighted by atomic mass is 9.78. The summed E-state index contributed by atoms with van der Waals surface area (Å²) >= 11 is 0. The zero-order chi connectivity index (χ0) is 18.4. The maximum absolute atomic E-state index is 13.0. The van der Waals surface area contributed by atoms with Gasteiger partial charge in [-0.15, -0.1) is 0 Å². The molecule has 138 valence electrons. The molecule has 2 aromatic carbocycles. The minimum Gasteiger partial charge on any atom is -0.355 e. The van der Waals surface area contributed by atoms with E-state index in [1.54, 1.807) is 0 Å². The maximum Gasteiger partial charge on any atom is 0.230 e. The molecule has 0 aliphatic heterocycles. The third-order valence-electron chi connectivity index (χ3n) is 5.79. The summed E-state index contributed by atoms with van der Waals surface area (Å²) in [7, 11) is 0. The average Bonchev–Trinajstić information content (AvgIpc) is 3.17. The molecule has 1 N–H and O–H groups in total. The van der Waals surface area contributed by atoms with E-state index in [0.717, 1.165) is 45.1 Å². The van der Waals surface area contributed by atoms with E-state index in [1.807, 2.05) is 18.2 Å². The number of carbonyl (C=O) groups is 1. The SMILES string of the molecule is CC(C)c1ccc(CCCNC(=O)C2(c3ccccc3)CCCC2)cc1. The molecule has 0 aromatic heterocycles. The normalized spacial score (nSPS) is 16.0. The van der Waals surface area contributed by atoms with E-state index in [0.29, 0.717) is 5.92 Å². The van der Waals surface area contributed by atoms with Crippen LogP contribution < -0.4 is 5.32 Å². The fraction of sp³-hybridized carbons (Fsp3) is 0.458. The first-order chi connectivity index (χ1) is 12.6. The molecule has 0 atom stereocenters. The molecule has 1 aliphatic carbocycles. The van der Waals surface area contributed by atoms with Crippen molar-refractivity contribution in [2.24, 2.45) is 0 Å². The van der Waals surface area contributed by atoms with Gasteiger partial charge in [0, 0.05) is 6.54 Å². The summed E-state index contributed by atoms with van der Waals surface area (Å²) in [6, 6.07) is 19.2. The first kappa shape index (κ1) is 18.7. The summed E-state index contributed by atoms with van der Waals surface area (Å²) in [6.45, 7) is 5.19. The number of hydrogen-bond donors (Lipinski definition) is 1. The van der Waals surface area contributed by atoms with Crippen LogP contribution in [0.15, 0.2) is 54.6 Å². The van der Waals surface area contributed by atoms with Gasteiger partial charge in [0.1, 0.15) is 0 Å². The van der Waals surface area contributed by atoms with Crippen molar-refractivity contribution < 1.29 is 4.79 Å². The highest BCUT2D eigenvalue weighted by Gasteiger charge is 2.42. The molecule has 2 heteroatoms. The third kappa shape index (κ3) is 4.17.